The molecule has 1 unspecified atom stereocenters. The lowest BCUT2D eigenvalue weighted by molar-refractivity contribution is 0.520. The normalized spacial score (nSPS) is 12.5. The van der Waals surface area contributed by atoms with Crippen molar-refractivity contribution in [2.75, 3.05) is 0 Å². The lowest BCUT2D eigenvalue weighted by Crippen LogP contribution is -1.95. The second kappa shape index (κ2) is 7.60. The van der Waals surface area contributed by atoms with Crippen molar-refractivity contribution in [3.63, 3.8) is 0 Å². The van der Waals surface area contributed by atoms with Gasteiger partial charge in [-0.2, -0.15) is 5.26 Å². The molecule has 0 bridgehead atoms. The average molecular weight is 152 g/mol. The summed E-state index contributed by atoms with van der Waals surface area (Å²) in [7, 11) is 0. The molecule has 0 aromatic heterocycles. The Hall–Kier alpha value is -0.510. The molecule has 1 heteroatoms. The van der Waals surface area contributed by atoms with E-state index in [1.807, 2.05) is 0 Å². The fourth-order valence-corrected chi connectivity index (χ4v) is 1.16. The summed E-state index contributed by atoms with van der Waals surface area (Å²) < 4.78 is 0. The number of unbranched alkanes of at least 4 members (excludes halogenated alkanes) is 2. The molecule has 0 aromatic carbocycles. The highest BCUT2D eigenvalue weighted by Crippen LogP contribution is 2.13. The van der Waals surface area contributed by atoms with Crippen LogP contribution in [0.25, 0.3) is 0 Å². The minimum atomic E-state index is 0.263. The van der Waals surface area contributed by atoms with E-state index in [2.05, 4.69) is 19.9 Å². The van der Waals surface area contributed by atoms with Gasteiger partial charge in [-0.25, -0.2) is 0 Å². The highest BCUT2D eigenvalue weighted by Gasteiger charge is 2.04. The summed E-state index contributed by atoms with van der Waals surface area (Å²) in [5.74, 6) is 0.263. The van der Waals surface area contributed by atoms with Crippen LogP contribution in [0.4, 0.5) is 0 Å². The Morgan fingerprint density at radius 1 is 1.36 bits per heavy atom. The van der Waals surface area contributed by atoms with Gasteiger partial charge in [0.25, 0.3) is 0 Å². The van der Waals surface area contributed by atoms with Crippen LogP contribution >= 0.6 is 0 Å². The monoisotopic (exact) mass is 152 g/mol. The molecule has 0 fully saturated rings. The first-order valence-electron chi connectivity index (χ1n) is 4.54. The second-order valence-corrected chi connectivity index (χ2v) is 2.96. The predicted octanol–water partition coefficient (Wildman–Crippen LogP) is 3.32. The topological polar surface area (TPSA) is 23.8 Å². The third-order valence-corrected chi connectivity index (χ3v) is 1.89. The fourth-order valence-electron chi connectivity index (χ4n) is 1.16. The lowest BCUT2D eigenvalue weighted by Gasteiger charge is -2.05. The highest BCUT2D eigenvalue weighted by molar-refractivity contribution is 4.82. The van der Waals surface area contributed by atoms with Gasteiger partial charge in [-0.3, -0.25) is 0 Å². The predicted molar refractivity (Wildman–Crippen MR) is 47.8 cm³/mol. The zero-order valence-electron chi connectivity index (χ0n) is 7.47. The van der Waals surface area contributed by atoms with E-state index in [1.54, 1.807) is 0 Å². The first kappa shape index (κ1) is 10.5. The van der Waals surface area contributed by atoms with Crippen molar-refractivity contribution in [2.45, 2.75) is 45.4 Å². The van der Waals surface area contributed by atoms with Crippen LogP contribution in [-0.2, 0) is 0 Å². The SMILES string of the molecule is [CH2]CCC(C#N)CCCCC. The fraction of sp³-hybridized carbons (Fsp3) is 0.800. The van der Waals surface area contributed by atoms with Gasteiger partial charge in [0.1, 0.15) is 0 Å². The third-order valence-electron chi connectivity index (χ3n) is 1.89. The van der Waals surface area contributed by atoms with E-state index in [0.29, 0.717) is 0 Å². The van der Waals surface area contributed by atoms with Crippen molar-refractivity contribution in [1.29, 1.82) is 5.26 Å². The highest BCUT2D eigenvalue weighted by atomic mass is 14.3. The maximum absolute atomic E-state index is 8.68. The molecule has 63 valence electrons. The summed E-state index contributed by atoms with van der Waals surface area (Å²) in [6, 6.07) is 2.32. The van der Waals surface area contributed by atoms with Crippen LogP contribution in [0.1, 0.15) is 45.4 Å². The summed E-state index contributed by atoms with van der Waals surface area (Å²) in [6.07, 6.45) is 6.64. The second-order valence-electron chi connectivity index (χ2n) is 2.96. The van der Waals surface area contributed by atoms with E-state index >= 15 is 0 Å². The van der Waals surface area contributed by atoms with Gasteiger partial charge in [0.2, 0.25) is 0 Å². The van der Waals surface area contributed by atoms with Gasteiger partial charge in [-0.1, -0.05) is 39.5 Å². The molecule has 1 nitrogen and oxygen atoms in total. The van der Waals surface area contributed by atoms with E-state index in [1.165, 1.54) is 19.3 Å². The molecule has 0 aromatic rings. The van der Waals surface area contributed by atoms with Crippen LogP contribution in [0.15, 0.2) is 0 Å². The Bertz CT molecular complexity index is 113. The number of hydrogen-bond acceptors (Lipinski definition) is 1. The molecule has 1 radical (unpaired) electrons. The van der Waals surface area contributed by atoms with Gasteiger partial charge in [-0.15, -0.1) is 0 Å². The first-order chi connectivity index (χ1) is 5.35. The van der Waals surface area contributed by atoms with Gasteiger partial charge >= 0.3 is 0 Å². The minimum Gasteiger partial charge on any atom is -0.198 e. The number of rotatable bonds is 6. The van der Waals surface area contributed by atoms with Crippen LogP contribution in [0.2, 0.25) is 0 Å². The number of nitriles is 1. The molecule has 0 spiro atoms. The average Bonchev–Trinajstić information content (AvgIpc) is 2.03. The van der Waals surface area contributed by atoms with Gasteiger partial charge < -0.3 is 0 Å². The standard InChI is InChI=1S/C10H18N/c1-3-5-6-8-10(9-11)7-4-2/h10H,2-8H2,1H3. The Morgan fingerprint density at radius 3 is 2.55 bits per heavy atom. The van der Waals surface area contributed by atoms with Gasteiger partial charge in [0.15, 0.2) is 0 Å². The van der Waals surface area contributed by atoms with E-state index < -0.39 is 0 Å². The molecule has 0 saturated heterocycles. The molecule has 0 amide bonds. The summed E-state index contributed by atoms with van der Waals surface area (Å²) in [5.41, 5.74) is 0. The van der Waals surface area contributed by atoms with Gasteiger partial charge in [-0.05, 0) is 12.8 Å². The van der Waals surface area contributed by atoms with Crippen molar-refractivity contribution < 1.29 is 0 Å². The minimum absolute atomic E-state index is 0.263. The smallest absolute Gasteiger partial charge is 0.0655 e. The molecule has 0 heterocycles. The molecule has 0 saturated carbocycles. The Balaban J connectivity index is 3.30. The lowest BCUT2D eigenvalue weighted by atomic mass is 9.98. The zero-order valence-corrected chi connectivity index (χ0v) is 7.47. The Kier molecular flexibility index (Phi) is 7.24. The zero-order chi connectivity index (χ0) is 8.53. The van der Waals surface area contributed by atoms with Crippen LogP contribution in [0.3, 0.4) is 0 Å². The summed E-state index contributed by atoms with van der Waals surface area (Å²) in [5, 5.41) is 8.68. The van der Waals surface area contributed by atoms with Crippen LogP contribution in [0, 0.1) is 24.2 Å². The molecule has 1 atom stereocenters. The van der Waals surface area contributed by atoms with Crippen molar-refractivity contribution in [1.82, 2.24) is 0 Å². The van der Waals surface area contributed by atoms with Gasteiger partial charge in [0.05, 0.1) is 6.07 Å². The molecular formula is C10H18N. The van der Waals surface area contributed by atoms with Crippen molar-refractivity contribution in [3.05, 3.63) is 6.92 Å². The van der Waals surface area contributed by atoms with Crippen molar-refractivity contribution >= 4 is 0 Å². The van der Waals surface area contributed by atoms with Crippen LogP contribution in [0.5, 0.6) is 0 Å². The van der Waals surface area contributed by atoms with E-state index in [-0.39, 0.29) is 5.92 Å². The van der Waals surface area contributed by atoms with E-state index in [4.69, 9.17) is 5.26 Å². The van der Waals surface area contributed by atoms with Gasteiger partial charge in [0, 0.05) is 5.92 Å². The Labute approximate surface area is 70.4 Å². The number of nitrogens with zero attached hydrogens (tertiary/aromatic N) is 1. The quantitative estimate of drug-likeness (QED) is 0.535. The summed E-state index contributed by atoms with van der Waals surface area (Å²) >= 11 is 0. The number of hydrogen-bond donors (Lipinski definition) is 0. The molecule has 0 aliphatic heterocycles. The molecule has 0 aliphatic carbocycles. The molecule has 11 heavy (non-hydrogen) atoms. The van der Waals surface area contributed by atoms with Crippen LogP contribution < -0.4 is 0 Å². The molecule has 0 N–H and O–H groups in total. The van der Waals surface area contributed by atoms with Crippen LogP contribution in [-0.4, -0.2) is 0 Å². The summed E-state index contributed by atoms with van der Waals surface area (Å²) in [6.45, 7) is 5.93. The Morgan fingerprint density at radius 2 is 2.09 bits per heavy atom. The van der Waals surface area contributed by atoms with E-state index in [9.17, 15) is 0 Å². The third kappa shape index (κ3) is 5.91. The molecular weight excluding hydrogens is 134 g/mol. The first-order valence-corrected chi connectivity index (χ1v) is 4.54. The van der Waals surface area contributed by atoms with E-state index in [0.717, 1.165) is 19.3 Å². The van der Waals surface area contributed by atoms with Crippen molar-refractivity contribution in [2.24, 2.45) is 5.92 Å². The maximum Gasteiger partial charge on any atom is 0.0655 e. The maximum atomic E-state index is 8.68. The largest absolute Gasteiger partial charge is 0.198 e. The molecule has 0 aliphatic rings. The molecule has 0 rings (SSSR count). The van der Waals surface area contributed by atoms with Crippen molar-refractivity contribution in [3.8, 4) is 6.07 Å². The summed E-state index contributed by atoms with van der Waals surface area (Å²) in [4.78, 5) is 0.